The highest BCUT2D eigenvalue weighted by molar-refractivity contribution is 6.01. The first kappa shape index (κ1) is 24.8. The number of carboxylic acids is 1. The molecular weight excluding hydrogens is 389 g/mol. The van der Waals surface area contributed by atoms with Crippen molar-refractivity contribution in [2.24, 2.45) is 5.73 Å². The zero-order valence-electron chi connectivity index (χ0n) is 14.9. The molecular formula is C16H19F3N2O7. The summed E-state index contributed by atoms with van der Waals surface area (Å²) in [5.41, 5.74) is 6.20. The Morgan fingerprint density at radius 2 is 1.54 bits per heavy atom. The van der Waals surface area contributed by atoms with Gasteiger partial charge in [-0.25, -0.2) is 4.79 Å². The van der Waals surface area contributed by atoms with E-state index in [-0.39, 0.29) is 13.0 Å². The smallest absolute Gasteiger partial charge is 0.475 e. The molecule has 12 heteroatoms. The quantitative estimate of drug-likeness (QED) is 0.657. The SMILES string of the molecule is COC(=O)C[C@H](N)C(=O)N(CC(=O)OC)c1ccccc1.O=C(O)C(F)(F)F. The number of ether oxygens (including phenoxy) is 2. The molecule has 0 aromatic heterocycles. The van der Waals surface area contributed by atoms with Crippen LogP contribution in [0.4, 0.5) is 18.9 Å². The number of para-hydroxylation sites is 1. The van der Waals surface area contributed by atoms with Gasteiger partial charge in [0.25, 0.3) is 0 Å². The maximum absolute atomic E-state index is 12.3. The van der Waals surface area contributed by atoms with Crippen molar-refractivity contribution < 1.29 is 46.9 Å². The van der Waals surface area contributed by atoms with Crippen molar-refractivity contribution in [2.45, 2.75) is 18.6 Å². The third-order valence-electron chi connectivity index (χ3n) is 3.02. The number of halogens is 3. The van der Waals surface area contributed by atoms with Crippen LogP contribution in [0.3, 0.4) is 0 Å². The number of hydrogen-bond acceptors (Lipinski definition) is 7. The summed E-state index contributed by atoms with van der Waals surface area (Å²) in [5, 5.41) is 7.12. The van der Waals surface area contributed by atoms with Crippen molar-refractivity contribution in [1.29, 1.82) is 0 Å². The predicted molar refractivity (Wildman–Crippen MR) is 89.1 cm³/mol. The number of esters is 2. The van der Waals surface area contributed by atoms with Crippen molar-refractivity contribution in [3.05, 3.63) is 30.3 Å². The molecule has 0 saturated carbocycles. The van der Waals surface area contributed by atoms with Gasteiger partial charge in [-0.05, 0) is 12.1 Å². The molecule has 0 spiro atoms. The normalized spacial score (nSPS) is 11.4. The summed E-state index contributed by atoms with van der Waals surface area (Å²) in [7, 11) is 2.44. The van der Waals surface area contributed by atoms with E-state index in [2.05, 4.69) is 9.47 Å². The monoisotopic (exact) mass is 408 g/mol. The van der Waals surface area contributed by atoms with Gasteiger partial charge in [0.1, 0.15) is 6.54 Å². The summed E-state index contributed by atoms with van der Waals surface area (Å²) in [6, 6.07) is 7.44. The van der Waals surface area contributed by atoms with Gasteiger partial charge in [-0.1, -0.05) is 18.2 Å². The molecule has 156 valence electrons. The largest absolute Gasteiger partial charge is 0.490 e. The van der Waals surface area contributed by atoms with Crippen molar-refractivity contribution in [3.8, 4) is 0 Å². The first-order chi connectivity index (χ1) is 12.9. The Labute approximate surface area is 157 Å². The Balaban J connectivity index is 0.000000887. The van der Waals surface area contributed by atoms with Gasteiger partial charge >= 0.3 is 24.1 Å². The van der Waals surface area contributed by atoms with Crippen LogP contribution in [0.5, 0.6) is 0 Å². The Morgan fingerprint density at radius 1 is 1.07 bits per heavy atom. The van der Waals surface area contributed by atoms with Gasteiger partial charge in [-0.15, -0.1) is 0 Å². The average molecular weight is 408 g/mol. The average Bonchev–Trinajstić information content (AvgIpc) is 2.65. The molecule has 1 atom stereocenters. The minimum absolute atomic E-state index is 0.264. The van der Waals surface area contributed by atoms with Crippen LogP contribution in [-0.2, 0) is 28.7 Å². The molecule has 28 heavy (non-hydrogen) atoms. The van der Waals surface area contributed by atoms with E-state index in [0.29, 0.717) is 5.69 Å². The predicted octanol–water partition coefficient (Wildman–Crippen LogP) is 0.716. The van der Waals surface area contributed by atoms with Crippen molar-refractivity contribution in [3.63, 3.8) is 0 Å². The van der Waals surface area contributed by atoms with Crippen LogP contribution >= 0.6 is 0 Å². The Morgan fingerprint density at radius 3 is 1.93 bits per heavy atom. The summed E-state index contributed by atoms with van der Waals surface area (Å²) in [6.07, 6.45) is -5.35. The number of amides is 1. The molecule has 0 radical (unpaired) electrons. The van der Waals surface area contributed by atoms with E-state index < -0.39 is 36.0 Å². The highest BCUT2D eigenvalue weighted by Gasteiger charge is 2.38. The lowest BCUT2D eigenvalue weighted by atomic mass is 10.1. The third-order valence-corrected chi connectivity index (χ3v) is 3.02. The van der Waals surface area contributed by atoms with Gasteiger partial charge in [0.15, 0.2) is 0 Å². The fourth-order valence-electron chi connectivity index (χ4n) is 1.65. The molecule has 0 heterocycles. The van der Waals surface area contributed by atoms with Crippen LogP contribution in [-0.4, -0.2) is 61.9 Å². The van der Waals surface area contributed by atoms with E-state index in [0.717, 1.165) is 0 Å². The number of aliphatic carboxylic acids is 1. The second-order valence-corrected chi connectivity index (χ2v) is 5.03. The topological polar surface area (TPSA) is 136 Å². The summed E-state index contributed by atoms with van der Waals surface area (Å²) in [6.45, 7) is -0.284. The van der Waals surface area contributed by atoms with Crippen molar-refractivity contribution in [2.75, 3.05) is 25.7 Å². The summed E-state index contributed by atoms with van der Waals surface area (Å²) in [4.78, 5) is 45.1. The lowest BCUT2D eigenvalue weighted by Crippen LogP contribution is -2.47. The number of nitrogens with two attached hydrogens (primary N) is 1. The zero-order chi connectivity index (χ0) is 21.9. The molecule has 1 amide bonds. The number of carboxylic acid groups (broad SMARTS) is 1. The minimum Gasteiger partial charge on any atom is -0.475 e. The minimum atomic E-state index is -5.08. The van der Waals surface area contributed by atoms with Gasteiger partial charge in [0.2, 0.25) is 5.91 Å². The Hall–Kier alpha value is -3.15. The summed E-state index contributed by atoms with van der Waals surface area (Å²) in [5.74, 6) is -4.50. The lowest BCUT2D eigenvalue weighted by molar-refractivity contribution is -0.192. The van der Waals surface area contributed by atoms with E-state index in [1.807, 2.05) is 0 Å². The van der Waals surface area contributed by atoms with E-state index >= 15 is 0 Å². The van der Waals surface area contributed by atoms with Crippen LogP contribution in [0.25, 0.3) is 0 Å². The van der Waals surface area contributed by atoms with E-state index in [4.69, 9.17) is 15.6 Å². The first-order valence-corrected chi connectivity index (χ1v) is 7.49. The second-order valence-electron chi connectivity index (χ2n) is 5.03. The fourth-order valence-corrected chi connectivity index (χ4v) is 1.65. The number of anilines is 1. The van der Waals surface area contributed by atoms with Gasteiger partial charge in [-0.3, -0.25) is 19.3 Å². The van der Waals surface area contributed by atoms with Crippen LogP contribution < -0.4 is 10.6 Å². The molecule has 0 saturated heterocycles. The highest BCUT2D eigenvalue weighted by Crippen LogP contribution is 2.15. The maximum atomic E-state index is 12.3. The van der Waals surface area contributed by atoms with Crippen LogP contribution in [0.2, 0.25) is 0 Å². The Bertz CT molecular complexity index is 681. The molecule has 0 unspecified atom stereocenters. The number of methoxy groups -OCH3 is 2. The summed E-state index contributed by atoms with van der Waals surface area (Å²) < 4.78 is 40.8. The van der Waals surface area contributed by atoms with Crippen LogP contribution in [0, 0.1) is 0 Å². The third kappa shape index (κ3) is 8.98. The van der Waals surface area contributed by atoms with Crippen LogP contribution in [0.1, 0.15) is 6.42 Å². The molecule has 3 N–H and O–H groups in total. The number of hydrogen-bond donors (Lipinski definition) is 2. The molecule has 0 aliphatic rings. The number of carbonyl (C=O) groups excluding carboxylic acids is 3. The molecule has 0 fully saturated rings. The highest BCUT2D eigenvalue weighted by atomic mass is 19.4. The van der Waals surface area contributed by atoms with E-state index in [1.54, 1.807) is 30.3 Å². The van der Waals surface area contributed by atoms with E-state index in [9.17, 15) is 27.6 Å². The maximum Gasteiger partial charge on any atom is 0.490 e. The first-order valence-electron chi connectivity index (χ1n) is 7.49. The standard InChI is InChI=1S/C14H18N2O5.C2HF3O2/c1-20-12(17)8-11(15)14(19)16(9-13(18)21-2)10-6-4-3-5-7-10;3-2(4,5)1(6)7/h3-7,11H,8-9,15H2,1-2H3;(H,6,7)/t11-;/m0./s1. The molecule has 9 nitrogen and oxygen atoms in total. The number of benzene rings is 1. The molecule has 1 aromatic rings. The zero-order valence-corrected chi connectivity index (χ0v) is 14.9. The number of carbonyl (C=O) groups is 4. The molecule has 0 aliphatic heterocycles. The van der Waals surface area contributed by atoms with Gasteiger partial charge in [-0.2, -0.15) is 13.2 Å². The van der Waals surface area contributed by atoms with Gasteiger partial charge in [0, 0.05) is 5.69 Å². The number of alkyl halides is 3. The van der Waals surface area contributed by atoms with Crippen molar-refractivity contribution >= 4 is 29.5 Å². The molecule has 1 aromatic carbocycles. The van der Waals surface area contributed by atoms with Gasteiger partial charge < -0.3 is 20.3 Å². The number of rotatable bonds is 6. The molecule has 0 aliphatic carbocycles. The Kier molecular flexibility index (Phi) is 10.2. The fraction of sp³-hybridized carbons (Fsp3) is 0.375. The molecule has 1 rings (SSSR count). The summed E-state index contributed by atoms with van der Waals surface area (Å²) >= 11 is 0. The second kappa shape index (κ2) is 11.5. The number of nitrogens with zero attached hydrogens (tertiary/aromatic N) is 1. The van der Waals surface area contributed by atoms with Crippen LogP contribution in [0.15, 0.2) is 30.3 Å². The van der Waals surface area contributed by atoms with E-state index in [1.165, 1.54) is 19.1 Å². The molecule has 0 bridgehead atoms. The van der Waals surface area contributed by atoms with Gasteiger partial charge in [0.05, 0.1) is 26.7 Å². The van der Waals surface area contributed by atoms with Crippen molar-refractivity contribution in [1.82, 2.24) is 0 Å². The lowest BCUT2D eigenvalue weighted by Gasteiger charge is -2.24.